The average Bonchev–Trinajstić information content (AvgIpc) is 2.31. The SMILES string of the molecule is CCOC(=O)Cc1c(I)ccc(C#N)c1OC. The maximum absolute atomic E-state index is 11.5. The van der Waals surface area contributed by atoms with Crippen LogP contribution in [0.5, 0.6) is 5.75 Å². The highest BCUT2D eigenvalue weighted by Gasteiger charge is 2.16. The summed E-state index contributed by atoms with van der Waals surface area (Å²) < 4.78 is 11.0. The Bertz CT molecular complexity index is 466. The first-order chi connectivity index (χ1) is 8.13. The summed E-state index contributed by atoms with van der Waals surface area (Å²) in [5.74, 6) is 0.131. The lowest BCUT2D eigenvalue weighted by molar-refractivity contribution is -0.142. The van der Waals surface area contributed by atoms with E-state index in [2.05, 4.69) is 22.6 Å². The summed E-state index contributed by atoms with van der Waals surface area (Å²) in [7, 11) is 1.49. The fraction of sp³-hybridized carbons (Fsp3) is 0.333. The largest absolute Gasteiger partial charge is 0.495 e. The second-order valence-corrected chi connectivity index (χ2v) is 4.36. The Balaban J connectivity index is 3.13. The molecule has 0 spiro atoms. The maximum atomic E-state index is 11.5. The van der Waals surface area contributed by atoms with Gasteiger partial charge in [0.25, 0.3) is 0 Å². The summed E-state index contributed by atoms with van der Waals surface area (Å²) in [6.07, 6.45) is 0.116. The molecule has 4 nitrogen and oxygen atoms in total. The quantitative estimate of drug-likeness (QED) is 0.621. The highest BCUT2D eigenvalue weighted by molar-refractivity contribution is 14.1. The lowest BCUT2D eigenvalue weighted by Crippen LogP contribution is -2.10. The van der Waals surface area contributed by atoms with Crippen molar-refractivity contribution in [3.05, 3.63) is 26.8 Å². The summed E-state index contributed by atoms with van der Waals surface area (Å²) in [6, 6.07) is 5.50. The van der Waals surface area contributed by atoms with Gasteiger partial charge in [-0.05, 0) is 41.6 Å². The van der Waals surface area contributed by atoms with Crippen LogP contribution < -0.4 is 4.74 Å². The Morgan fingerprint density at radius 1 is 1.53 bits per heavy atom. The van der Waals surface area contributed by atoms with Gasteiger partial charge in [-0.15, -0.1) is 0 Å². The molecule has 0 radical (unpaired) electrons. The van der Waals surface area contributed by atoms with Crippen molar-refractivity contribution >= 4 is 28.6 Å². The number of esters is 1. The third-order valence-electron chi connectivity index (χ3n) is 2.15. The normalized spacial score (nSPS) is 9.53. The second-order valence-electron chi connectivity index (χ2n) is 3.20. The predicted molar refractivity (Wildman–Crippen MR) is 70.8 cm³/mol. The molecule has 1 aromatic carbocycles. The van der Waals surface area contributed by atoms with Crippen molar-refractivity contribution in [2.75, 3.05) is 13.7 Å². The van der Waals surface area contributed by atoms with Gasteiger partial charge in [0.2, 0.25) is 0 Å². The van der Waals surface area contributed by atoms with Crippen LogP contribution in [0.1, 0.15) is 18.1 Å². The molecular weight excluding hydrogens is 333 g/mol. The number of hydrogen-bond acceptors (Lipinski definition) is 4. The molecule has 0 bridgehead atoms. The van der Waals surface area contributed by atoms with E-state index in [0.29, 0.717) is 23.5 Å². The second kappa shape index (κ2) is 6.45. The van der Waals surface area contributed by atoms with Gasteiger partial charge in [-0.25, -0.2) is 0 Å². The minimum atomic E-state index is -0.321. The zero-order chi connectivity index (χ0) is 12.8. The lowest BCUT2D eigenvalue weighted by Gasteiger charge is -2.11. The number of rotatable bonds is 4. The zero-order valence-corrected chi connectivity index (χ0v) is 11.8. The molecular formula is C12H12INO3. The van der Waals surface area contributed by atoms with E-state index in [1.54, 1.807) is 19.1 Å². The molecule has 0 aromatic heterocycles. The summed E-state index contributed by atoms with van der Waals surface area (Å²) in [6.45, 7) is 2.10. The number of nitriles is 1. The molecule has 0 aliphatic rings. The van der Waals surface area contributed by atoms with Gasteiger partial charge in [-0.2, -0.15) is 5.26 Å². The molecule has 0 atom stereocenters. The Morgan fingerprint density at radius 2 is 2.24 bits per heavy atom. The molecule has 0 N–H and O–H groups in total. The Labute approximate surface area is 114 Å². The van der Waals surface area contributed by atoms with E-state index >= 15 is 0 Å². The third kappa shape index (κ3) is 3.33. The standard InChI is InChI=1S/C12H12INO3/c1-3-17-11(15)6-9-10(13)5-4-8(7-14)12(9)16-2/h4-5H,3,6H2,1-2H3. The van der Waals surface area contributed by atoms with Crippen molar-refractivity contribution < 1.29 is 14.3 Å². The number of halogens is 1. The van der Waals surface area contributed by atoms with Crippen LogP contribution in [0.15, 0.2) is 12.1 Å². The number of hydrogen-bond donors (Lipinski definition) is 0. The first-order valence-electron chi connectivity index (χ1n) is 5.05. The molecule has 17 heavy (non-hydrogen) atoms. The highest BCUT2D eigenvalue weighted by atomic mass is 127. The Hall–Kier alpha value is -1.29. The van der Waals surface area contributed by atoms with Gasteiger partial charge in [0.05, 0.1) is 25.7 Å². The van der Waals surface area contributed by atoms with Crippen LogP contribution in [-0.4, -0.2) is 19.7 Å². The van der Waals surface area contributed by atoms with Crippen LogP contribution in [0.3, 0.4) is 0 Å². The molecule has 0 amide bonds. The van der Waals surface area contributed by atoms with Crippen molar-refractivity contribution in [2.24, 2.45) is 0 Å². The first-order valence-corrected chi connectivity index (χ1v) is 6.13. The number of methoxy groups -OCH3 is 1. The van der Waals surface area contributed by atoms with Crippen molar-refractivity contribution in [1.29, 1.82) is 5.26 Å². The summed E-state index contributed by atoms with van der Waals surface area (Å²) in [5, 5.41) is 8.95. The summed E-state index contributed by atoms with van der Waals surface area (Å²) in [4.78, 5) is 11.5. The van der Waals surface area contributed by atoms with Gasteiger partial charge in [-0.3, -0.25) is 4.79 Å². The molecule has 0 saturated carbocycles. The lowest BCUT2D eigenvalue weighted by atomic mass is 10.1. The molecule has 0 saturated heterocycles. The van der Waals surface area contributed by atoms with E-state index < -0.39 is 0 Å². The van der Waals surface area contributed by atoms with Crippen LogP contribution in [0.2, 0.25) is 0 Å². The molecule has 0 unspecified atom stereocenters. The molecule has 1 rings (SSSR count). The number of carbonyl (C=O) groups excluding carboxylic acids is 1. The fourth-order valence-electron chi connectivity index (χ4n) is 1.45. The van der Waals surface area contributed by atoms with E-state index in [1.807, 2.05) is 6.07 Å². The third-order valence-corrected chi connectivity index (χ3v) is 3.17. The molecule has 0 aliphatic heterocycles. The van der Waals surface area contributed by atoms with E-state index in [1.165, 1.54) is 7.11 Å². The Kier molecular flexibility index (Phi) is 5.22. The van der Waals surface area contributed by atoms with Crippen molar-refractivity contribution in [3.8, 4) is 11.8 Å². The molecule has 0 aliphatic carbocycles. The van der Waals surface area contributed by atoms with Gasteiger partial charge in [0.15, 0.2) is 0 Å². The molecule has 1 aromatic rings. The topological polar surface area (TPSA) is 59.3 Å². The molecule has 90 valence electrons. The van der Waals surface area contributed by atoms with Gasteiger partial charge >= 0.3 is 5.97 Å². The zero-order valence-electron chi connectivity index (χ0n) is 9.62. The van der Waals surface area contributed by atoms with Gasteiger partial charge < -0.3 is 9.47 Å². The number of nitrogens with zero attached hydrogens (tertiary/aromatic N) is 1. The average molecular weight is 345 g/mol. The molecule has 5 heteroatoms. The van der Waals surface area contributed by atoms with Crippen LogP contribution in [0, 0.1) is 14.9 Å². The van der Waals surface area contributed by atoms with Crippen molar-refractivity contribution in [2.45, 2.75) is 13.3 Å². The van der Waals surface area contributed by atoms with E-state index in [-0.39, 0.29) is 12.4 Å². The fourth-order valence-corrected chi connectivity index (χ4v) is 2.06. The van der Waals surface area contributed by atoms with Gasteiger partial charge in [-0.1, -0.05) is 0 Å². The minimum absolute atomic E-state index is 0.116. The predicted octanol–water partition coefficient (Wildman–Crippen LogP) is 2.28. The van der Waals surface area contributed by atoms with Crippen LogP contribution >= 0.6 is 22.6 Å². The molecule has 0 fully saturated rings. The van der Waals surface area contributed by atoms with Crippen molar-refractivity contribution in [1.82, 2.24) is 0 Å². The summed E-state index contributed by atoms with van der Waals surface area (Å²) in [5.41, 5.74) is 1.12. The smallest absolute Gasteiger partial charge is 0.310 e. The van der Waals surface area contributed by atoms with Crippen LogP contribution in [-0.2, 0) is 16.0 Å². The number of benzene rings is 1. The van der Waals surface area contributed by atoms with Gasteiger partial charge in [0.1, 0.15) is 11.8 Å². The monoisotopic (exact) mass is 345 g/mol. The van der Waals surface area contributed by atoms with E-state index in [0.717, 1.165) is 3.57 Å². The van der Waals surface area contributed by atoms with Gasteiger partial charge in [0, 0.05) is 9.13 Å². The summed E-state index contributed by atoms with van der Waals surface area (Å²) >= 11 is 2.11. The van der Waals surface area contributed by atoms with E-state index in [9.17, 15) is 4.79 Å². The number of ether oxygens (including phenoxy) is 2. The van der Waals surface area contributed by atoms with Crippen molar-refractivity contribution in [3.63, 3.8) is 0 Å². The minimum Gasteiger partial charge on any atom is -0.495 e. The van der Waals surface area contributed by atoms with Crippen LogP contribution in [0.4, 0.5) is 0 Å². The maximum Gasteiger partial charge on any atom is 0.310 e. The highest BCUT2D eigenvalue weighted by Crippen LogP contribution is 2.28. The first kappa shape index (κ1) is 13.8. The van der Waals surface area contributed by atoms with E-state index in [4.69, 9.17) is 14.7 Å². The van der Waals surface area contributed by atoms with Crippen LogP contribution in [0.25, 0.3) is 0 Å². The number of carbonyl (C=O) groups is 1. The molecule has 0 heterocycles. The Morgan fingerprint density at radius 3 is 2.76 bits per heavy atom.